The minimum atomic E-state index is 0.177. The van der Waals surface area contributed by atoms with Crippen LogP contribution in [0.4, 0.5) is 0 Å². The molecule has 2 fully saturated rings. The van der Waals surface area contributed by atoms with Crippen LogP contribution in [0.2, 0.25) is 0 Å². The van der Waals surface area contributed by atoms with Crippen molar-refractivity contribution in [1.82, 2.24) is 15.2 Å². The Balaban J connectivity index is 1.45. The Kier molecular flexibility index (Phi) is 4.40. The number of nitrogens with zero attached hydrogens (tertiary/aromatic N) is 2. The van der Waals surface area contributed by atoms with Crippen LogP contribution < -0.4 is 5.32 Å². The summed E-state index contributed by atoms with van der Waals surface area (Å²) in [4.78, 5) is 7.38. The molecule has 3 nitrogen and oxygen atoms in total. The lowest BCUT2D eigenvalue weighted by Crippen LogP contribution is -2.42. The first-order chi connectivity index (χ1) is 9.93. The smallest absolute Gasteiger partial charge is 0.0982 e. The molecular formula is C17H29N3S. The van der Waals surface area contributed by atoms with Gasteiger partial charge in [0.25, 0.3) is 0 Å². The van der Waals surface area contributed by atoms with E-state index in [0.29, 0.717) is 0 Å². The van der Waals surface area contributed by atoms with Crippen LogP contribution in [-0.4, -0.2) is 35.6 Å². The van der Waals surface area contributed by atoms with E-state index in [4.69, 9.17) is 4.98 Å². The molecule has 2 saturated heterocycles. The van der Waals surface area contributed by atoms with E-state index in [0.717, 1.165) is 31.1 Å². The molecule has 0 aliphatic carbocycles. The maximum atomic E-state index is 4.77. The minimum absolute atomic E-state index is 0.177. The van der Waals surface area contributed by atoms with Crippen molar-refractivity contribution >= 4 is 11.3 Å². The van der Waals surface area contributed by atoms with Crippen LogP contribution in [0.5, 0.6) is 0 Å². The van der Waals surface area contributed by atoms with E-state index in [-0.39, 0.29) is 5.41 Å². The highest BCUT2D eigenvalue weighted by molar-refractivity contribution is 7.09. The van der Waals surface area contributed by atoms with Gasteiger partial charge >= 0.3 is 0 Å². The van der Waals surface area contributed by atoms with Gasteiger partial charge < -0.3 is 10.2 Å². The van der Waals surface area contributed by atoms with Crippen molar-refractivity contribution in [2.75, 3.05) is 13.6 Å². The second-order valence-corrected chi connectivity index (χ2v) is 8.77. The molecule has 21 heavy (non-hydrogen) atoms. The number of rotatable bonds is 4. The molecule has 118 valence electrons. The lowest BCUT2D eigenvalue weighted by atomic mass is 9.91. The van der Waals surface area contributed by atoms with Crippen molar-refractivity contribution in [3.63, 3.8) is 0 Å². The van der Waals surface area contributed by atoms with E-state index >= 15 is 0 Å². The zero-order valence-corrected chi connectivity index (χ0v) is 14.7. The lowest BCUT2D eigenvalue weighted by Gasteiger charge is -2.36. The molecule has 1 aromatic heterocycles. The zero-order chi connectivity index (χ0) is 15.0. The highest BCUT2D eigenvalue weighted by atomic mass is 32.1. The fraction of sp³-hybridized carbons (Fsp3) is 0.824. The summed E-state index contributed by atoms with van der Waals surface area (Å²) >= 11 is 1.80. The van der Waals surface area contributed by atoms with Gasteiger partial charge in [0.05, 0.1) is 10.7 Å². The Morgan fingerprint density at radius 2 is 1.95 bits per heavy atom. The van der Waals surface area contributed by atoms with Gasteiger partial charge in [0.2, 0.25) is 0 Å². The van der Waals surface area contributed by atoms with Crippen molar-refractivity contribution in [3.05, 3.63) is 16.1 Å². The average molecular weight is 308 g/mol. The van der Waals surface area contributed by atoms with Crippen LogP contribution in [0, 0.1) is 5.92 Å². The van der Waals surface area contributed by atoms with E-state index < -0.39 is 0 Å². The summed E-state index contributed by atoms with van der Waals surface area (Å²) in [5.74, 6) is 0.861. The van der Waals surface area contributed by atoms with Crippen LogP contribution in [0.15, 0.2) is 5.38 Å². The van der Waals surface area contributed by atoms with E-state index in [2.05, 4.69) is 43.4 Å². The van der Waals surface area contributed by atoms with Crippen molar-refractivity contribution in [2.24, 2.45) is 5.92 Å². The quantitative estimate of drug-likeness (QED) is 0.924. The Hall–Kier alpha value is -0.450. The van der Waals surface area contributed by atoms with Gasteiger partial charge in [-0.3, -0.25) is 0 Å². The monoisotopic (exact) mass is 307 g/mol. The molecule has 2 unspecified atom stereocenters. The first kappa shape index (κ1) is 15.4. The number of hydrogen-bond acceptors (Lipinski definition) is 4. The molecule has 0 radical (unpaired) electrons. The molecule has 2 bridgehead atoms. The second kappa shape index (κ2) is 5.98. The molecule has 1 N–H and O–H groups in total. The SMILES string of the molecule is CN1C2CCC1CC(CNCc1csc(C(C)(C)C)n1)C2. The molecule has 0 aromatic carbocycles. The third-order valence-corrected chi connectivity index (χ3v) is 6.45. The van der Waals surface area contributed by atoms with Gasteiger partial charge in [0, 0.05) is 29.4 Å². The predicted molar refractivity (Wildman–Crippen MR) is 89.8 cm³/mol. The normalized spacial score (nSPS) is 30.0. The minimum Gasteiger partial charge on any atom is -0.311 e. The second-order valence-electron chi connectivity index (χ2n) is 7.91. The van der Waals surface area contributed by atoms with Crippen LogP contribution in [0.25, 0.3) is 0 Å². The summed E-state index contributed by atoms with van der Waals surface area (Å²) in [5.41, 5.74) is 1.39. The fourth-order valence-corrected chi connectivity index (χ4v) is 4.74. The third kappa shape index (κ3) is 3.49. The highest BCUT2D eigenvalue weighted by Gasteiger charge is 2.37. The molecule has 2 atom stereocenters. The predicted octanol–water partition coefficient (Wildman–Crippen LogP) is 3.40. The summed E-state index contributed by atoms with van der Waals surface area (Å²) in [5, 5.41) is 7.11. The van der Waals surface area contributed by atoms with Crippen LogP contribution >= 0.6 is 11.3 Å². The Morgan fingerprint density at radius 1 is 1.29 bits per heavy atom. The van der Waals surface area contributed by atoms with Crippen LogP contribution in [0.3, 0.4) is 0 Å². The van der Waals surface area contributed by atoms with E-state index in [9.17, 15) is 0 Å². The number of nitrogens with one attached hydrogen (secondary N) is 1. The standard InChI is InChI=1S/C17H29N3S/c1-17(2,3)16-19-13(11-21-16)10-18-9-12-7-14-5-6-15(8-12)20(14)4/h11-12,14-15,18H,5-10H2,1-4H3. The van der Waals surface area contributed by atoms with Crippen LogP contribution in [-0.2, 0) is 12.0 Å². The number of hydrogen-bond donors (Lipinski definition) is 1. The lowest BCUT2D eigenvalue weighted by molar-refractivity contribution is 0.133. The van der Waals surface area contributed by atoms with Gasteiger partial charge in [-0.15, -0.1) is 11.3 Å². The maximum Gasteiger partial charge on any atom is 0.0982 e. The summed E-state index contributed by atoms with van der Waals surface area (Å²) in [6.45, 7) is 8.78. The van der Waals surface area contributed by atoms with Crippen molar-refractivity contribution in [1.29, 1.82) is 0 Å². The van der Waals surface area contributed by atoms with Crippen molar-refractivity contribution in [2.45, 2.75) is 70.5 Å². The number of aromatic nitrogens is 1. The summed E-state index contributed by atoms with van der Waals surface area (Å²) in [6, 6.07) is 1.70. The molecule has 3 heterocycles. The fourth-order valence-electron chi connectivity index (χ4n) is 3.83. The summed E-state index contributed by atoms with van der Waals surface area (Å²) < 4.78 is 0. The molecule has 4 heteroatoms. The van der Waals surface area contributed by atoms with E-state index in [1.54, 1.807) is 11.3 Å². The van der Waals surface area contributed by atoms with Crippen LogP contribution in [0.1, 0.15) is 57.2 Å². The molecule has 2 aliphatic rings. The van der Waals surface area contributed by atoms with Gasteiger partial charge in [-0.1, -0.05) is 20.8 Å². The highest BCUT2D eigenvalue weighted by Crippen LogP contribution is 2.37. The number of fused-ring (bicyclic) bond motifs is 2. The van der Waals surface area contributed by atoms with Gasteiger partial charge in [-0.2, -0.15) is 0 Å². The van der Waals surface area contributed by atoms with Gasteiger partial charge in [0.1, 0.15) is 0 Å². The number of piperidine rings is 1. The van der Waals surface area contributed by atoms with Gasteiger partial charge in [-0.05, 0) is 45.2 Å². The molecule has 3 rings (SSSR count). The van der Waals surface area contributed by atoms with Gasteiger partial charge in [-0.25, -0.2) is 4.98 Å². The zero-order valence-electron chi connectivity index (χ0n) is 13.9. The molecule has 1 aromatic rings. The molecule has 0 amide bonds. The van der Waals surface area contributed by atoms with Crippen molar-refractivity contribution in [3.8, 4) is 0 Å². The summed E-state index contributed by atoms with van der Waals surface area (Å²) in [6.07, 6.45) is 5.59. The first-order valence-corrected chi connectivity index (χ1v) is 9.19. The number of thiazole rings is 1. The van der Waals surface area contributed by atoms with E-state index in [1.807, 2.05) is 0 Å². The Labute approximate surface area is 133 Å². The topological polar surface area (TPSA) is 28.2 Å². The first-order valence-electron chi connectivity index (χ1n) is 8.31. The Bertz CT molecular complexity index is 463. The molecule has 0 spiro atoms. The van der Waals surface area contributed by atoms with Crippen molar-refractivity contribution < 1.29 is 0 Å². The molecule has 0 saturated carbocycles. The van der Waals surface area contributed by atoms with E-state index in [1.165, 1.54) is 36.4 Å². The molecule has 2 aliphatic heterocycles. The Morgan fingerprint density at radius 3 is 2.52 bits per heavy atom. The van der Waals surface area contributed by atoms with Gasteiger partial charge in [0.15, 0.2) is 0 Å². The average Bonchev–Trinajstić information content (AvgIpc) is 2.93. The maximum absolute atomic E-state index is 4.77. The summed E-state index contributed by atoms with van der Waals surface area (Å²) in [7, 11) is 2.31. The largest absolute Gasteiger partial charge is 0.311 e. The third-order valence-electron chi connectivity index (χ3n) is 5.13. The molecular weight excluding hydrogens is 278 g/mol.